The van der Waals surface area contributed by atoms with Crippen LogP contribution in [0.15, 0.2) is 18.2 Å². The molecule has 0 spiro atoms. The van der Waals surface area contributed by atoms with Crippen molar-refractivity contribution in [3.63, 3.8) is 0 Å². The highest BCUT2D eigenvalue weighted by molar-refractivity contribution is 5.45. The second kappa shape index (κ2) is 5.19. The lowest BCUT2D eigenvalue weighted by Crippen LogP contribution is -2.39. The van der Waals surface area contributed by atoms with Gasteiger partial charge in [-0.3, -0.25) is 0 Å². The van der Waals surface area contributed by atoms with Crippen LogP contribution in [0, 0.1) is 0 Å². The predicted octanol–water partition coefficient (Wildman–Crippen LogP) is 2.70. The first-order valence-electron chi connectivity index (χ1n) is 6.99. The number of ether oxygens (including phenoxy) is 2. The zero-order valence-corrected chi connectivity index (χ0v) is 10.9. The molecule has 1 heterocycles. The van der Waals surface area contributed by atoms with Crippen molar-refractivity contribution >= 4 is 0 Å². The fourth-order valence-electron chi connectivity index (χ4n) is 2.78. The van der Waals surface area contributed by atoms with Crippen molar-refractivity contribution < 1.29 is 9.47 Å². The topological polar surface area (TPSA) is 30.5 Å². The zero-order valence-electron chi connectivity index (χ0n) is 10.9. The van der Waals surface area contributed by atoms with Crippen molar-refractivity contribution in [3.8, 4) is 11.5 Å². The number of fused-ring (bicyclic) bond motifs is 1. The average molecular weight is 247 g/mol. The van der Waals surface area contributed by atoms with E-state index < -0.39 is 0 Å². The van der Waals surface area contributed by atoms with Crippen LogP contribution in [-0.4, -0.2) is 25.8 Å². The van der Waals surface area contributed by atoms with Gasteiger partial charge in [-0.1, -0.05) is 13.0 Å². The molecule has 3 heteroatoms. The maximum absolute atomic E-state index is 5.74. The van der Waals surface area contributed by atoms with E-state index in [0.717, 1.165) is 37.7 Å². The van der Waals surface area contributed by atoms with Crippen molar-refractivity contribution in [2.75, 3.05) is 19.8 Å². The Balaban J connectivity index is 1.69. The van der Waals surface area contributed by atoms with Crippen LogP contribution in [0.4, 0.5) is 0 Å². The van der Waals surface area contributed by atoms with E-state index in [4.69, 9.17) is 9.47 Å². The Hall–Kier alpha value is -1.22. The van der Waals surface area contributed by atoms with Crippen molar-refractivity contribution in [3.05, 3.63) is 23.8 Å². The second-order valence-corrected chi connectivity index (χ2v) is 5.18. The predicted molar refractivity (Wildman–Crippen MR) is 71.5 cm³/mol. The van der Waals surface area contributed by atoms with E-state index in [1.807, 2.05) is 0 Å². The third kappa shape index (κ3) is 2.32. The first-order valence-corrected chi connectivity index (χ1v) is 6.99. The minimum absolute atomic E-state index is 0.686. The molecule has 0 amide bonds. The largest absolute Gasteiger partial charge is 0.490 e. The Labute approximate surface area is 108 Å². The molecule has 98 valence electrons. The molecular formula is C15H21NO2. The summed E-state index contributed by atoms with van der Waals surface area (Å²) in [7, 11) is 0. The molecule has 0 bridgehead atoms. The molecule has 3 nitrogen and oxygen atoms in total. The van der Waals surface area contributed by atoms with E-state index >= 15 is 0 Å². The minimum atomic E-state index is 0.686. The Bertz CT molecular complexity index is 413. The van der Waals surface area contributed by atoms with Crippen molar-refractivity contribution in [1.82, 2.24) is 5.32 Å². The van der Waals surface area contributed by atoms with E-state index in [1.165, 1.54) is 18.4 Å². The van der Waals surface area contributed by atoms with Gasteiger partial charge >= 0.3 is 0 Å². The first kappa shape index (κ1) is 11.8. The summed E-state index contributed by atoms with van der Waals surface area (Å²) >= 11 is 0. The molecule has 0 aromatic heterocycles. The summed E-state index contributed by atoms with van der Waals surface area (Å²) in [6, 6.07) is 7.14. The maximum Gasteiger partial charge on any atom is 0.161 e. The van der Waals surface area contributed by atoms with Crippen molar-refractivity contribution in [2.45, 2.75) is 38.1 Å². The molecular weight excluding hydrogens is 226 g/mol. The molecule has 0 saturated heterocycles. The maximum atomic E-state index is 5.74. The highest BCUT2D eigenvalue weighted by Gasteiger charge is 2.30. The summed E-state index contributed by atoms with van der Waals surface area (Å²) in [5, 5.41) is 3.50. The number of nitrogens with one attached hydrogen (secondary N) is 1. The van der Waals surface area contributed by atoms with Gasteiger partial charge in [0.2, 0.25) is 0 Å². The van der Waals surface area contributed by atoms with E-state index in [2.05, 4.69) is 30.4 Å². The van der Waals surface area contributed by atoms with Crippen LogP contribution < -0.4 is 14.8 Å². The lowest BCUT2D eigenvalue weighted by Gasteiger charge is -2.36. The Morgan fingerprint density at radius 1 is 1.17 bits per heavy atom. The molecule has 18 heavy (non-hydrogen) atoms. The van der Waals surface area contributed by atoms with Gasteiger partial charge in [0.15, 0.2) is 11.5 Å². The minimum Gasteiger partial charge on any atom is -0.490 e. The molecule has 0 atom stereocenters. The number of benzene rings is 1. The normalized spacial score (nSPS) is 26.3. The van der Waals surface area contributed by atoms with Gasteiger partial charge < -0.3 is 14.8 Å². The SMILES string of the molecule is CCNC1CC(c2ccc3c(c2)OCCCO3)C1. The van der Waals surface area contributed by atoms with Crippen LogP contribution in [0.3, 0.4) is 0 Å². The van der Waals surface area contributed by atoms with Gasteiger partial charge in [0.25, 0.3) is 0 Å². The highest BCUT2D eigenvalue weighted by Crippen LogP contribution is 2.40. The van der Waals surface area contributed by atoms with Gasteiger partial charge in [-0.05, 0) is 43.0 Å². The zero-order chi connectivity index (χ0) is 12.4. The number of hydrogen-bond acceptors (Lipinski definition) is 3. The lowest BCUT2D eigenvalue weighted by atomic mass is 9.76. The molecule has 1 N–H and O–H groups in total. The molecule has 1 fully saturated rings. The summed E-state index contributed by atoms with van der Waals surface area (Å²) in [6.07, 6.45) is 3.46. The third-order valence-electron chi connectivity index (χ3n) is 3.87. The molecule has 0 radical (unpaired) electrons. The molecule has 1 saturated carbocycles. The molecule has 1 aromatic rings. The van der Waals surface area contributed by atoms with E-state index in [-0.39, 0.29) is 0 Å². The number of hydrogen-bond donors (Lipinski definition) is 1. The summed E-state index contributed by atoms with van der Waals surface area (Å²) in [4.78, 5) is 0. The van der Waals surface area contributed by atoms with Crippen molar-refractivity contribution in [1.29, 1.82) is 0 Å². The quantitative estimate of drug-likeness (QED) is 0.891. The molecule has 0 unspecified atom stereocenters. The highest BCUT2D eigenvalue weighted by atomic mass is 16.5. The van der Waals surface area contributed by atoms with Crippen LogP contribution in [0.1, 0.15) is 37.7 Å². The van der Waals surface area contributed by atoms with Crippen LogP contribution >= 0.6 is 0 Å². The van der Waals surface area contributed by atoms with Gasteiger partial charge in [-0.15, -0.1) is 0 Å². The van der Waals surface area contributed by atoms with Gasteiger partial charge in [-0.25, -0.2) is 0 Å². The third-order valence-corrected chi connectivity index (χ3v) is 3.87. The van der Waals surface area contributed by atoms with Crippen LogP contribution in [-0.2, 0) is 0 Å². The molecule has 1 aromatic carbocycles. The lowest BCUT2D eigenvalue weighted by molar-refractivity contribution is 0.292. The summed E-state index contributed by atoms with van der Waals surface area (Å²) in [6.45, 7) is 4.76. The van der Waals surface area contributed by atoms with E-state index in [9.17, 15) is 0 Å². The number of rotatable bonds is 3. The van der Waals surface area contributed by atoms with Gasteiger partial charge in [0.05, 0.1) is 13.2 Å². The van der Waals surface area contributed by atoms with Crippen molar-refractivity contribution in [2.24, 2.45) is 0 Å². The van der Waals surface area contributed by atoms with Gasteiger partial charge in [0.1, 0.15) is 0 Å². The Kier molecular flexibility index (Phi) is 3.41. The summed E-state index contributed by atoms with van der Waals surface area (Å²) in [5.41, 5.74) is 1.40. The smallest absolute Gasteiger partial charge is 0.161 e. The molecule has 3 rings (SSSR count). The average Bonchev–Trinajstić information content (AvgIpc) is 2.57. The second-order valence-electron chi connectivity index (χ2n) is 5.18. The van der Waals surface area contributed by atoms with Crippen LogP contribution in [0.25, 0.3) is 0 Å². The van der Waals surface area contributed by atoms with Crippen LogP contribution in [0.5, 0.6) is 11.5 Å². The standard InChI is InChI=1S/C15H21NO2/c1-2-16-13-8-12(9-13)11-4-5-14-15(10-11)18-7-3-6-17-14/h4-5,10,12-13,16H,2-3,6-9H2,1H3. The fourth-order valence-corrected chi connectivity index (χ4v) is 2.78. The Morgan fingerprint density at radius 3 is 2.72 bits per heavy atom. The molecule has 2 aliphatic rings. The summed E-state index contributed by atoms with van der Waals surface area (Å²) in [5.74, 6) is 2.52. The van der Waals surface area contributed by atoms with Gasteiger partial charge in [0, 0.05) is 12.5 Å². The van der Waals surface area contributed by atoms with Gasteiger partial charge in [-0.2, -0.15) is 0 Å². The molecule has 1 aliphatic carbocycles. The van der Waals surface area contributed by atoms with E-state index in [1.54, 1.807) is 0 Å². The first-order chi connectivity index (χ1) is 8.86. The van der Waals surface area contributed by atoms with Crippen LogP contribution in [0.2, 0.25) is 0 Å². The molecule has 1 aliphatic heterocycles. The summed E-state index contributed by atoms with van der Waals surface area (Å²) < 4.78 is 11.4. The monoisotopic (exact) mass is 247 g/mol. The Morgan fingerprint density at radius 2 is 1.94 bits per heavy atom. The fraction of sp³-hybridized carbons (Fsp3) is 0.600. The van der Waals surface area contributed by atoms with E-state index in [0.29, 0.717) is 12.0 Å².